The second-order valence-electron chi connectivity index (χ2n) is 7.55. The zero-order valence-electron chi connectivity index (χ0n) is 17.2. The first-order valence-electron chi connectivity index (χ1n) is 10.1. The predicted octanol–water partition coefficient (Wildman–Crippen LogP) is 6.46. The second-order valence-corrected chi connectivity index (χ2v) is 10.5. The number of hydrogen-bond acceptors (Lipinski definition) is 5. The number of rotatable bonds is 4. The Balaban J connectivity index is 1.51. The van der Waals surface area contributed by atoms with Gasteiger partial charge in [0, 0.05) is 15.9 Å². The summed E-state index contributed by atoms with van der Waals surface area (Å²) in [6, 6.07) is 14.1. The minimum atomic E-state index is -0.0608. The number of benzene rings is 2. The van der Waals surface area contributed by atoms with E-state index in [0.717, 1.165) is 49.6 Å². The van der Waals surface area contributed by atoms with E-state index >= 15 is 0 Å². The lowest BCUT2D eigenvalue weighted by Gasteiger charge is -2.23. The van der Waals surface area contributed by atoms with E-state index in [1.165, 1.54) is 4.90 Å². The van der Waals surface area contributed by atoms with Gasteiger partial charge in [-0.25, -0.2) is 9.97 Å². The van der Waals surface area contributed by atoms with Gasteiger partial charge in [-0.15, -0.1) is 23.1 Å². The van der Waals surface area contributed by atoms with E-state index in [1.807, 2.05) is 48.2 Å². The van der Waals surface area contributed by atoms with Crippen LogP contribution in [0.4, 0.5) is 0 Å². The lowest BCUT2D eigenvalue weighted by Crippen LogP contribution is -2.31. The summed E-state index contributed by atoms with van der Waals surface area (Å²) in [6.45, 7) is 2.67. The number of aromatic amines is 1. The fraction of sp³-hybridized carbons (Fsp3) is 0.261. The highest BCUT2D eigenvalue weighted by Crippen LogP contribution is 2.37. The molecule has 0 bridgehead atoms. The van der Waals surface area contributed by atoms with Gasteiger partial charge in [-0.1, -0.05) is 34.1 Å². The number of carbonyl (C=O) groups is 1. The van der Waals surface area contributed by atoms with Gasteiger partial charge in [0.1, 0.15) is 11.5 Å². The summed E-state index contributed by atoms with van der Waals surface area (Å²) < 4.78 is 1.01. The summed E-state index contributed by atoms with van der Waals surface area (Å²) in [4.78, 5) is 30.7. The molecule has 0 spiro atoms. The van der Waals surface area contributed by atoms with Crippen molar-refractivity contribution in [3.8, 4) is 10.4 Å². The fourth-order valence-electron chi connectivity index (χ4n) is 4.15. The highest BCUT2D eigenvalue weighted by Gasteiger charge is 2.35. The third kappa shape index (κ3) is 3.81. The molecule has 1 atom stereocenters. The van der Waals surface area contributed by atoms with Crippen molar-refractivity contribution >= 4 is 56.0 Å². The van der Waals surface area contributed by atoms with Gasteiger partial charge < -0.3 is 9.88 Å². The Kier molecular flexibility index (Phi) is 5.62. The van der Waals surface area contributed by atoms with E-state index in [1.54, 1.807) is 23.1 Å². The number of aromatic nitrogens is 3. The molecule has 31 heavy (non-hydrogen) atoms. The number of fused-ring (bicyclic) bond motifs is 1. The largest absolute Gasteiger partial charge is 0.339 e. The molecule has 1 amide bonds. The number of H-pyrrole nitrogens is 1. The van der Waals surface area contributed by atoms with Gasteiger partial charge in [0.05, 0.1) is 27.0 Å². The minimum absolute atomic E-state index is 0.0182. The van der Waals surface area contributed by atoms with Crippen LogP contribution in [0.25, 0.3) is 21.5 Å². The number of halogens is 1. The molecule has 1 N–H and O–H groups in total. The zero-order valence-corrected chi connectivity index (χ0v) is 20.4. The SMILES string of the molecule is CSc1cccc2nc([C@@H]3CCCN3C(=O)c3nc(C)sc3-c3ccc(Br)cc3)[nH]c12. The number of aryl methyl sites for hydroxylation is 1. The number of imidazole rings is 1. The zero-order chi connectivity index (χ0) is 21.5. The van der Waals surface area contributed by atoms with Crippen molar-refractivity contribution in [1.82, 2.24) is 19.9 Å². The third-order valence-corrected chi connectivity index (χ3v) is 7.92. The summed E-state index contributed by atoms with van der Waals surface area (Å²) in [7, 11) is 0. The molecule has 5 nitrogen and oxygen atoms in total. The molecule has 1 saturated heterocycles. The maximum absolute atomic E-state index is 13.7. The second kappa shape index (κ2) is 8.41. The summed E-state index contributed by atoms with van der Waals surface area (Å²) >= 11 is 6.75. The lowest BCUT2D eigenvalue weighted by atomic mass is 10.1. The topological polar surface area (TPSA) is 61.9 Å². The molecule has 0 unspecified atom stereocenters. The minimum Gasteiger partial charge on any atom is -0.339 e. The number of nitrogens with zero attached hydrogens (tertiary/aromatic N) is 3. The maximum Gasteiger partial charge on any atom is 0.274 e. The van der Waals surface area contributed by atoms with Gasteiger partial charge >= 0.3 is 0 Å². The molecule has 4 aromatic rings. The van der Waals surface area contributed by atoms with Crippen molar-refractivity contribution in [2.75, 3.05) is 12.8 Å². The molecule has 0 aliphatic carbocycles. The van der Waals surface area contributed by atoms with E-state index in [2.05, 4.69) is 38.2 Å². The number of amides is 1. The molecule has 1 aliphatic heterocycles. The summed E-state index contributed by atoms with van der Waals surface area (Å²) in [6.07, 6.45) is 3.92. The van der Waals surface area contributed by atoms with E-state index in [9.17, 15) is 4.79 Å². The van der Waals surface area contributed by atoms with E-state index < -0.39 is 0 Å². The smallest absolute Gasteiger partial charge is 0.274 e. The molecule has 2 aromatic carbocycles. The van der Waals surface area contributed by atoms with Gasteiger partial charge in [0.25, 0.3) is 5.91 Å². The van der Waals surface area contributed by atoms with E-state index in [0.29, 0.717) is 12.2 Å². The fourth-order valence-corrected chi connectivity index (χ4v) is 5.91. The summed E-state index contributed by atoms with van der Waals surface area (Å²) in [5, 5.41) is 0.894. The highest BCUT2D eigenvalue weighted by molar-refractivity contribution is 9.10. The maximum atomic E-state index is 13.7. The van der Waals surface area contributed by atoms with Gasteiger partial charge in [-0.3, -0.25) is 4.79 Å². The lowest BCUT2D eigenvalue weighted by molar-refractivity contribution is 0.0726. The first-order valence-corrected chi connectivity index (χ1v) is 13.0. The normalized spacial score (nSPS) is 16.4. The van der Waals surface area contributed by atoms with Gasteiger partial charge in [-0.05, 0) is 55.9 Å². The van der Waals surface area contributed by atoms with E-state index in [4.69, 9.17) is 4.98 Å². The van der Waals surface area contributed by atoms with Crippen LogP contribution in [-0.4, -0.2) is 38.6 Å². The first-order chi connectivity index (χ1) is 15.0. The van der Waals surface area contributed by atoms with Crippen molar-refractivity contribution < 1.29 is 4.79 Å². The molecule has 1 aliphatic rings. The molecule has 5 rings (SSSR count). The molecular weight excluding hydrogens is 492 g/mol. The molecule has 3 heterocycles. The van der Waals surface area contributed by atoms with Crippen LogP contribution in [0.2, 0.25) is 0 Å². The number of nitrogens with one attached hydrogen (secondary N) is 1. The quantitative estimate of drug-likeness (QED) is 0.319. The van der Waals surface area contributed by atoms with Crippen molar-refractivity contribution in [3.05, 3.63) is 63.5 Å². The number of thiazole rings is 1. The number of thioether (sulfide) groups is 1. The third-order valence-electron chi connectivity index (χ3n) is 5.59. The number of likely N-dealkylation sites (tertiary alicyclic amines) is 1. The molecule has 0 radical (unpaired) electrons. The predicted molar refractivity (Wildman–Crippen MR) is 131 cm³/mol. The molecular formula is C23H21BrN4OS2. The number of para-hydroxylation sites is 1. The monoisotopic (exact) mass is 512 g/mol. The van der Waals surface area contributed by atoms with Gasteiger partial charge in [0.2, 0.25) is 0 Å². The molecule has 158 valence electrons. The summed E-state index contributed by atoms with van der Waals surface area (Å²) in [5.41, 5.74) is 3.55. The van der Waals surface area contributed by atoms with Crippen molar-refractivity contribution in [1.29, 1.82) is 0 Å². The van der Waals surface area contributed by atoms with Crippen molar-refractivity contribution in [2.45, 2.75) is 30.7 Å². The first kappa shape index (κ1) is 20.7. The highest BCUT2D eigenvalue weighted by atomic mass is 79.9. The Hall–Kier alpha value is -2.16. The molecule has 8 heteroatoms. The van der Waals surface area contributed by atoms with Crippen LogP contribution >= 0.6 is 39.0 Å². The van der Waals surface area contributed by atoms with Gasteiger partial charge in [-0.2, -0.15) is 0 Å². The molecule has 1 fully saturated rings. The van der Waals surface area contributed by atoms with Crippen LogP contribution in [0.3, 0.4) is 0 Å². The van der Waals surface area contributed by atoms with Crippen LogP contribution in [-0.2, 0) is 0 Å². The summed E-state index contributed by atoms with van der Waals surface area (Å²) in [5.74, 6) is 0.842. The van der Waals surface area contributed by atoms with Crippen LogP contribution in [0, 0.1) is 6.92 Å². The number of carbonyl (C=O) groups excluding carboxylic acids is 1. The van der Waals surface area contributed by atoms with Crippen LogP contribution in [0.1, 0.15) is 40.2 Å². The molecule has 2 aromatic heterocycles. The van der Waals surface area contributed by atoms with Gasteiger partial charge in [0.15, 0.2) is 0 Å². The van der Waals surface area contributed by atoms with Crippen LogP contribution < -0.4 is 0 Å². The average Bonchev–Trinajstić information content (AvgIpc) is 3.50. The van der Waals surface area contributed by atoms with Crippen molar-refractivity contribution in [2.24, 2.45) is 0 Å². The van der Waals surface area contributed by atoms with Crippen molar-refractivity contribution in [3.63, 3.8) is 0 Å². The Labute approximate surface area is 197 Å². The average molecular weight is 513 g/mol. The van der Waals surface area contributed by atoms with E-state index in [-0.39, 0.29) is 11.9 Å². The van der Waals surface area contributed by atoms with Crippen LogP contribution in [0.5, 0.6) is 0 Å². The Morgan fingerprint density at radius 3 is 2.81 bits per heavy atom. The molecule has 0 saturated carbocycles. The Bertz CT molecular complexity index is 1260. The number of hydrogen-bond donors (Lipinski definition) is 1. The van der Waals surface area contributed by atoms with Crippen LogP contribution in [0.15, 0.2) is 51.8 Å². The Morgan fingerprint density at radius 1 is 1.23 bits per heavy atom. The Morgan fingerprint density at radius 2 is 2.03 bits per heavy atom. The standard InChI is InChI=1S/C23H21BrN4OS2/c1-13-25-20(21(31-13)14-8-10-15(24)11-9-14)23(29)28-12-4-6-17(28)22-26-16-5-3-7-18(30-2)19(16)27-22/h3,5,7-11,17H,4,6,12H2,1-2H3,(H,26,27)/t17-/m0/s1.